The summed E-state index contributed by atoms with van der Waals surface area (Å²) < 4.78 is 10.5. The highest BCUT2D eigenvalue weighted by molar-refractivity contribution is 5.85. The van der Waals surface area contributed by atoms with Gasteiger partial charge in [0.2, 0.25) is 0 Å². The van der Waals surface area contributed by atoms with E-state index >= 15 is 0 Å². The smallest absolute Gasteiger partial charge is 0.163 e. The van der Waals surface area contributed by atoms with E-state index in [1.807, 2.05) is 19.2 Å². The third-order valence-corrected chi connectivity index (χ3v) is 2.13. The van der Waals surface area contributed by atoms with Gasteiger partial charge in [0.25, 0.3) is 0 Å². The van der Waals surface area contributed by atoms with E-state index in [-0.39, 0.29) is 12.4 Å². The second-order valence-electron chi connectivity index (χ2n) is 3.01. The highest BCUT2D eigenvalue weighted by Gasteiger charge is 2.07. The zero-order chi connectivity index (χ0) is 10.4. The van der Waals surface area contributed by atoms with Crippen molar-refractivity contribution in [1.29, 1.82) is 0 Å². The van der Waals surface area contributed by atoms with Gasteiger partial charge in [-0.2, -0.15) is 0 Å². The Labute approximate surface area is 97.2 Å². The SMILES string of the molecule is CNCCc1cccc(OC)c1OC.Cl. The molecule has 0 heterocycles. The summed E-state index contributed by atoms with van der Waals surface area (Å²) in [5.41, 5.74) is 1.17. The zero-order valence-corrected chi connectivity index (χ0v) is 10.2. The molecular formula is C11H18ClNO2. The van der Waals surface area contributed by atoms with E-state index in [1.54, 1.807) is 14.2 Å². The molecule has 0 aliphatic rings. The average molecular weight is 232 g/mol. The van der Waals surface area contributed by atoms with Gasteiger partial charge in [0.1, 0.15) is 0 Å². The van der Waals surface area contributed by atoms with Crippen LogP contribution in [0.25, 0.3) is 0 Å². The number of ether oxygens (including phenoxy) is 2. The predicted octanol–water partition coefficient (Wildman–Crippen LogP) is 1.89. The first-order valence-electron chi connectivity index (χ1n) is 4.68. The molecule has 0 atom stereocenters. The van der Waals surface area contributed by atoms with Gasteiger partial charge in [0, 0.05) is 0 Å². The lowest BCUT2D eigenvalue weighted by atomic mass is 10.1. The number of nitrogens with one attached hydrogen (secondary N) is 1. The molecule has 0 bridgehead atoms. The maximum Gasteiger partial charge on any atom is 0.163 e. The van der Waals surface area contributed by atoms with Crippen molar-refractivity contribution in [3.05, 3.63) is 23.8 Å². The maximum absolute atomic E-state index is 5.31. The van der Waals surface area contributed by atoms with Gasteiger partial charge in [-0.3, -0.25) is 0 Å². The number of likely N-dealkylation sites (N-methyl/N-ethyl adjacent to an activating group) is 1. The molecule has 0 saturated heterocycles. The Kier molecular flexibility index (Phi) is 6.92. The van der Waals surface area contributed by atoms with Crippen LogP contribution in [0.15, 0.2) is 18.2 Å². The summed E-state index contributed by atoms with van der Waals surface area (Å²) in [4.78, 5) is 0. The fourth-order valence-electron chi connectivity index (χ4n) is 1.41. The second kappa shape index (κ2) is 7.37. The summed E-state index contributed by atoms with van der Waals surface area (Å²) in [5.74, 6) is 1.63. The minimum atomic E-state index is 0. The van der Waals surface area contributed by atoms with Gasteiger partial charge in [0.15, 0.2) is 11.5 Å². The Balaban J connectivity index is 0.00000196. The fourth-order valence-corrected chi connectivity index (χ4v) is 1.41. The van der Waals surface area contributed by atoms with Crippen molar-refractivity contribution in [2.75, 3.05) is 27.8 Å². The van der Waals surface area contributed by atoms with E-state index in [1.165, 1.54) is 5.56 Å². The van der Waals surface area contributed by atoms with Gasteiger partial charge < -0.3 is 14.8 Å². The lowest BCUT2D eigenvalue weighted by Crippen LogP contribution is -2.11. The molecule has 0 unspecified atom stereocenters. The van der Waals surface area contributed by atoms with E-state index in [9.17, 15) is 0 Å². The molecule has 0 saturated carbocycles. The fraction of sp³-hybridized carbons (Fsp3) is 0.455. The summed E-state index contributed by atoms with van der Waals surface area (Å²) in [6.07, 6.45) is 0.941. The van der Waals surface area contributed by atoms with Gasteiger partial charge in [-0.1, -0.05) is 12.1 Å². The molecule has 1 aromatic rings. The van der Waals surface area contributed by atoms with Crippen LogP contribution in [0.4, 0.5) is 0 Å². The van der Waals surface area contributed by atoms with E-state index in [4.69, 9.17) is 9.47 Å². The summed E-state index contributed by atoms with van der Waals surface area (Å²) >= 11 is 0. The molecule has 0 aliphatic carbocycles. The van der Waals surface area contributed by atoms with Crippen molar-refractivity contribution >= 4 is 12.4 Å². The van der Waals surface area contributed by atoms with Gasteiger partial charge in [0.05, 0.1) is 14.2 Å². The second-order valence-corrected chi connectivity index (χ2v) is 3.01. The topological polar surface area (TPSA) is 30.5 Å². The Morgan fingerprint density at radius 1 is 1.20 bits per heavy atom. The normalized spacial score (nSPS) is 9.27. The number of hydrogen-bond acceptors (Lipinski definition) is 3. The number of methoxy groups -OCH3 is 2. The van der Waals surface area contributed by atoms with E-state index in [2.05, 4.69) is 11.4 Å². The van der Waals surface area contributed by atoms with Crippen molar-refractivity contribution in [3.63, 3.8) is 0 Å². The van der Waals surface area contributed by atoms with Crippen LogP contribution in [0.1, 0.15) is 5.56 Å². The number of para-hydroxylation sites is 1. The summed E-state index contributed by atoms with van der Waals surface area (Å²) in [6, 6.07) is 5.94. The van der Waals surface area contributed by atoms with Crippen molar-refractivity contribution in [1.82, 2.24) is 5.32 Å². The standard InChI is InChI=1S/C11H17NO2.ClH/c1-12-8-7-9-5-4-6-10(13-2)11(9)14-3;/h4-6,12H,7-8H2,1-3H3;1H. The molecule has 0 fully saturated rings. The van der Waals surface area contributed by atoms with Crippen molar-refractivity contribution < 1.29 is 9.47 Å². The molecule has 1 rings (SSSR count). The number of benzene rings is 1. The van der Waals surface area contributed by atoms with Crippen molar-refractivity contribution in [2.24, 2.45) is 0 Å². The molecule has 0 spiro atoms. The zero-order valence-electron chi connectivity index (χ0n) is 9.37. The first-order chi connectivity index (χ1) is 6.83. The largest absolute Gasteiger partial charge is 0.493 e. The minimum Gasteiger partial charge on any atom is -0.493 e. The molecule has 15 heavy (non-hydrogen) atoms. The minimum absolute atomic E-state index is 0. The lowest BCUT2D eigenvalue weighted by Gasteiger charge is -2.11. The Bertz CT molecular complexity index is 292. The van der Waals surface area contributed by atoms with Gasteiger partial charge in [-0.25, -0.2) is 0 Å². The van der Waals surface area contributed by atoms with Gasteiger partial charge in [-0.15, -0.1) is 12.4 Å². The highest BCUT2D eigenvalue weighted by Crippen LogP contribution is 2.30. The Morgan fingerprint density at radius 2 is 1.93 bits per heavy atom. The number of rotatable bonds is 5. The molecule has 86 valence electrons. The van der Waals surface area contributed by atoms with Crippen LogP contribution in [0.2, 0.25) is 0 Å². The van der Waals surface area contributed by atoms with E-state index in [0.717, 1.165) is 24.5 Å². The van der Waals surface area contributed by atoms with Crippen LogP contribution in [-0.4, -0.2) is 27.8 Å². The molecule has 1 N–H and O–H groups in total. The van der Waals surface area contributed by atoms with E-state index < -0.39 is 0 Å². The maximum atomic E-state index is 5.31. The molecule has 4 heteroatoms. The molecule has 0 amide bonds. The first-order valence-corrected chi connectivity index (χ1v) is 4.68. The van der Waals surface area contributed by atoms with Gasteiger partial charge in [-0.05, 0) is 31.6 Å². The third kappa shape index (κ3) is 3.61. The predicted molar refractivity (Wildman–Crippen MR) is 64.4 cm³/mol. The first kappa shape index (κ1) is 14.1. The third-order valence-electron chi connectivity index (χ3n) is 2.13. The summed E-state index contributed by atoms with van der Waals surface area (Å²) in [7, 11) is 5.26. The molecular weight excluding hydrogens is 214 g/mol. The lowest BCUT2D eigenvalue weighted by molar-refractivity contribution is 0.351. The van der Waals surface area contributed by atoms with Crippen LogP contribution >= 0.6 is 12.4 Å². The molecule has 0 aliphatic heterocycles. The van der Waals surface area contributed by atoms with Crippen LogP contribution in [0, 0.1) is 0 Å². The number of hydrogen-bond donors (Lipinski definition) is 1. The van der Waals surface area contributed by atoms with Crippen LogP contribution in [-0.2, 0) is 6.42 Å². The monoisotopic (exact) mass is 231 g/mol. The van der Waals surface area contributed by atoms with Crippen molar-refractivity contribution in [3.8, 4) is 11.5 Å². The van der Waals surface area contributed by atoms with Crippen molar-refractivity contribution in [2.45, 2.75) is 6.42 Å². The highest BCUT2D eigenvalue weighted by atomic mass is 35.5. The van der Waals surface area contributed by atoms with Gasteiger partial charge >= 0.3 is 0 Å². The quantitative estimate of drug-likeness (QED) is 0.840. The van der Waals surface area contributed by atoms with E-state index in [0.29, 0.717) is 0 Å². The Morgan fingerprint density at radius 3 is 2.47 bits per heavy atom. The summed E-state index contributed by atoms with van der Waals surface area (Å²) in [6.45, 7) is 0.934. The molecule has 0 radical (unpaired) electrons. The van der Waals surface area contributed by atoms with Crippen LogP contribution < -0.4 is 14.8 Å². The number of halogens is 1. The average Bonchev–Trinajstić information content (AvgIpc) is 2.25. The van der Waals surface area contributed by atoms with Crippen LogP contribution in [0.3, 0.4) is 0 Å². The molecule has 3 nitrogen and oxygen atoms in total. The van der Waals surface area contributed by atoms with Crippen LogP contribution in [0.5, 0.6) is 11.5 Å². The molecule has 0 aromatic heterocycles. The summed E-state index contributed by atoms with van der Waals surface area (Å²) in [5, 5.41) is 3.11. The molecule has 1 aromatic carbocycles. The Hall–Kier alpha value is -0.930.